The fourth-order valence-electron chi connectivity index (χ4n) is 3.04. The second kappa shape index (κ2) is 8.46. The van der Waals surface area contributed by atoms with Crippen LogP contribution in [0.1, 0.15) is 30.9 Å². The largest absolute Gasteiger partial charge is 0.486 e. The molecule has 0 radical (unpaired) electrons. The van der Waals surface area contributed by atoms with E-state index >= 15 is 0 Å². The van der Waals surface area contributed by atoms with Crippen LogP contribution in [0, 0.1) is 5.41 Å². The molecule has 0 saturated heterocycles. The van der Waals surface area contributed by atoms with Gasteiger partial charge in [-0.1, -0.05) is 33.8 Å². The highest BCUT2D eigenvalue weighted by atomic mass is 79.9. The number of hydrogen-bond donors (Lipinski definition) is 3. The van der Waals surface area contributed by atoms with Gasteiger partial charge in [-0.05, 0) is 55.7 Å². The van der Waals surface area contributed by atoms with Gasteiger partial charge in [-0.3, -0.25) is 10.4 Å². The molecule has 2 heterocycles. The van der Waals surface area contributed by atoms with Gasteiger partial charge in [0.1, 0.15) is 11.9 Å². The summed E-state index contributed by atoms with van der Waals surface area (Å²) in [6.07, 6.45) is 6.51. The van der Waals surface area contributed by atoms with Crippen LogP contribution >= 0.6 is 27.7 Å². The van der Waals surface area contributed by atoms with Crippen molar-refractivity contribution in [3.05, 3.63) is 64.4 Å². The van der Waals surface area contributed by atoms with Crippen molar-refractivity contribution in [1.82, 2.24) is 4.98 Å². The monoisotopic (exact) mass is 447 g/mol. The van der Waals surface area contributed by atoms with E-state index in [9.17, 15) is 5.11 Å². The number of aromatic nitrogens is 1. The van der Waals surface area contributed by atoms with Gasteiger partial charge in [0.25, 0.3) is 0 Å². The van der Waals surface area contributed by atoms with Crippen molar-refractivity contribution in [2.24, 2.45) is 5.73 Å². The summed E-state index contributed by atoms with van der Waals surface area (Å²) < 4.78 is 7.11. The Morgan fingerprint density at radius 1 is 1.44 bits per heavy atom. The van der Waals surface area contributed by atoms with E-state index in [0.29, 0.717) is 18.6 Å². The molecule has 142 valence electrons. The van der Waals surface area contributed by atoms with Crippen LogP contribution in [0.4, 0.5) is 0 Å². The minimum atomic E-state index is -0.972. The van der Waals surface area contributed by atoms with Crippen LogP contribution in [0.2, 0.25) is 0 Å². The lowest BCUT2D eigenvalue weighted by molar-refractivity contribution is 0.0361. The third-order valence-corrected chi connectivity index (χ3v) is 5.79. The Bertz CT molecular complexity index is 856. The highest BCUT2D eigenvalue weighted by Crippen LogP contribution is 2.37. The maximum Gasteiger partial charge on any atom is 0.151 e. The minimum Gasteiger partial charge on any atom is -0.486 e. The molecule has 27 heavy (non-hydrogen) atoms. The summed E-state index contributed by atoms with van der Waals surface area (Å²) in [5.41, 5.74) is 7.43. The Balaban J connectivity index is 1.77. The molecule has 5 nitrogen and oxygen atoms in total. The van der Waals surface area contributed by atoms with E-state index in [1.54, 1.807) is 19.3 Å². The van der Waals surface area contributed by atoms with Gasteiger partial charge in [-0.25, -0.2) is 0 Å². The standard InChI is InChI=1S/C20H22BrN3O2S/c1-20(25,14-3-2-8-24-11-14)7-6-16-9-13(12-27-19(22)23)17-10-15(21)4-5-18(17)26-16/h2-5,8-11,16,25H,6-7,12H2,1H3,(H3,22,23)/t16-,20?/m0/s1. The molecule has 0 aliphatic carbocycles. The summed E-state index contributed by atoms with van der Waals surface area (Å²) in [6, 6.07) is 9.61. The third-order valence-electron chi connectivity index (χ3n) is 4.54. The first kappa shape index (κ1) is 19.9. The Morgan fingerprint density at radius 2 is 2.26 bits per heavy atom. The average Bonchev–Trinajstić information content (AvgIpc) is 2.65. The van der Waals surface area contributed by atoms with Crippen molar-refractivity contribution < 1.29 is 9.84 Å². The second-order valence-corrected chi connectivity index (χ2v) is 8.63. The first-order valence-electron chi connectivity index (χ1n) is 8.62. The Morgan fingerprint density at radius 3 is 2.96 bits per heavy atom. The van der Waals surface area contributed by atoms with Gasteiger partial charge in [0, 0.05) is 33.7 Å². The zero-order valence-corrected chi connectivity index (χ0v) is 17.4. The fraction of sp³-hybridized carbons (Fsp3) is 0.300. The van der Waals surface area contributed by atoms with E-state index in [0.717, 1.165) is 26.9 Å². The molecule has 1 aliphatic heterocycles. The van der Waals surface area contributed by atoms with Gasteiger partial charge in [-0.2, -0.15) is 0 Å². The van der Waals surface area contributed by atoms with Crippen LogP contribution in [0.3, 0.4) is 0 Å². The Labute approximate surface area is 171 Å². The van der Waals surface area contributed by atoms with Crippen LogP contribution in [0.25, 0.3) is 5.57 Å². The van der Waals surface area contributed by atoms with Crippen molar-refractivity contribution in [3.8, 4) is 5.75 Å². The summed E-state index contributed by atoms with van der Waals surface area (Å²) in [5, 5.41) is 18.4. The van der Waals surface area contributed by atoms with Crippen LogP contribution in [-0.4, -0.2) is 27.1 Å². The summed E-state index contributed by atoms with van der Waals surface area (Å²) in [7, 11) is 0. The van der Waals surface area contributed by atoms with Crippen molar-refractivity contribution >= 4 is 38.4 Å². The van der Waals surface area contributed by atoms with E-state index < -0.39 is 5.60 Å². The molecule has 2 atom stereocenters. The SMILES string of the molecule is CC(O)(CC[C@H]1C=C(CSC(=N)N)c2cc(Br)ccc2O1)c1cccnc1. The number of thioether (sulfide) groups is 1. The molecule has 0 spiro atoms. The summed E-state index contributed by atoms with van der Waals surface area (Å²) >= 11 is 4.79. The summed E-state index contributed by atoms with van der Waals surface area (Å²) in [6.45, 7) is 1.80. The Hall–Kier alpha value is -1.83. The highest BCUT2D eigenvalue weighted by molar-refractivity contribution is 9.10. The van der Waals surface area contributed by atoms with Gasteiger partial charge < -0.3 is 15.6 Å². The molecule has 7 heteroatoms. The molecule has 0 bridgehead atoms. The van der Waals surface area contributed by atoms with Gasteiger partial charge >= 0.3 is 0 Å². The zero-order valence-electron chi connectivity index (χ0n) is 15.0. The van der Waals surface area contributed by atoms with Crippen LogP contribution in [-0.2, 0) is 5.60 Å². The molecule has 0 saturated carbocycles. The second-order valence-electron chi connectivity index (χ2n) is 6.70. The number of halogens is 1. The maximum absolute atomic E-state index is 10.8. The van der Waals surface area contributed by atoms with Crippen LogP contribution in [0.5, 0.6) is 5.75 Å². The molecule has 0 amide bonds. The van der Waals surface area contributed by atoms with Crippen molar-refractivity contribution in [1.29, 1.82) is 5.41 Å². The van der Waals surface area contributed by atoms with Crippen LogP contribution < -0.4 is 10.5 Å². The number of benzene rings is 1. The van der Waals surface area contributed by atoms with E-state index in [4.69, 9.17) is 15.9 Å². The van der Waals surface area contributed by atoms with Crippen molar-refractivity contribution in [3.63, 3.8) is 0 Å². The van der Waals surface area contributed by atoms with E-state index in [1.807, 2.05) is 30.3 Å². The predicted molar refractivity (Wildman–Crippen MR) is 114 cm³/mol. The van der Waals surface area contributed by atoms with Crippen molar-refractivity contribution in [2.45, 2.75) is 31.5 Å². The number of pyridine rings is 1. The maximum atomic E-state index is 10.8. The predicted octanol–water partition coefficient (Wildman–Crippen LogP) is 4.30. The lowest BCUT2D eigenvalue weighted by atomic mass is 9.90. The highest BCUT2D eigenvalue weighted by Gasteiger charge is 2.27. The first-order valence-corrected chi connectivity index (χ1v) is 10.4. The molecule has 3 rings (SSSR count). The molecule has 1 aliphatic rings. The number of nitrogens with two attached hydrogens (primary N) is 1. The Kier molecular flexibility index (Phi) is 6.24. The molecule has 1 aromatic carbocycles. The number of amidine groups is 1. The summed E-state index contributed by atoms with van der Waals surface area (Å²) in [5.74, 6) is 1.42. The number of fused-ring (bicyclic) bond motifs is 1. The molecular formula is C20H22BrN3O2S. The van der Waals surface area contributed by atoms with E-state index in [-0.39, 0.29) is 11.3 Å². The topological polar surface area (TPSA) is 92.2 Å². The number of hydrogen-bond acceptors (Lipinski definition) is 5. The molecular weight excluding hydrogens is 426 g/mol. The van der Waals surface area contributed by atoms with Gasteiger partial charge in [0.15, 0.2) is 5.17 Å². The van der Waals surface area contributed by atoms with Crippen LogP contribution in [0.15, 0.2) is 53.3 Å². The number of ether oxygens (including phenoxy) is 1. The van der Waals surface area contributed by atoms with Gasteiger partial charge in [0.2, 0.25) is 0 Å². The quantitative estimate of drug-likeness (QED) is 0.453. The summed E-state index contributed by atoms with van der Waals surface area (Å²) in [4.78, 5) is 4.09. The molecule has 1 aromatic heterocycles. The van der Waals surface area contributed by atoms with Crippen molar-refractivity contribution in [2.75, 3.05) is 5.75 Å². The minimum absolute atomic E-state index is 0.0926. The number of nitrogens with one attached hydrogen (secondary N) is 1. The van der Waals surface area contributed by atoms with Gasteiger partial charge in [-0.15, -0.1) is 0 Å². The van der Waals surface area contributed by atoms with E-state index in [2.05, 4.69) is 27.0 Å². The van der Waals surface area contributed by atoms with E-state index in [1.165, 1.54) is 11.8 Å². The molecule has 1 unspecified atom stereocenters. The number of aliphatic hydroxyl groups is 1. The zero-order chi connectivity index (χ0) is 19.4. The first-order chi connectivity index (χ1) is 12.8. The third kappa shape index (κ3) is 5.12. The number of nitrogens with zero attached hydrogens (tertiary/aromatic N) is 1. The number of rotatable bonds is 6. The molecule has 0 fully saturated rings. The fourth-order valence-corrected chi connectivity index (χ4v) is 3.96. The molecule has 4 N–H and O–H groups in total. The van der Waals surface area contributed by atoms with Gasteiger partial charge in [0.05, 0.1) is 5.60 Å². The average molecular weight is 448 g/mol. The molecule has 2 aromatic rings. The normalized spacial score (nSPS) is 18.0. The lowest BCUT2D eigenvalue weighted by Crippen LogP contribution is -2.26. The lowest BCUT2D eigenvalue weighted by Gasteiger charge is -2.29. The smallest absolute Gasteiger partial charge is 0.151 e.